The second kappa shape index (κ2) is 4.32. The first-order chi connectivity index (χ1) is 7.27. The Morgan fingerprint density at radius 3 is 2.31 bits per heavy atom. The maximum absolute atomic E-state index is 12.5. The van der Waals surface area contributed by atoms with Gasteiger partial charge in [-0.1, -0.05) is 0 Å². The van der Waals surface area contributed by atoms with Gasteiger partial charge in [0.15, 0.2) is 0 Å². The molecule has 0 fully saturated rings. The Morgan fingerprint density at radius 1 is 1.38 bits per heavy atom. The van der Waals surface area contributed by atoms with E-state index in [-0.39, 0.29) is 5.56 Å². The summed E-state index contributed by atoms with van der Waals surface area (Å²) in [6.45, 7) is 0.575. The van der Waals surface area contributed by atoms with E-state index in [0.29, 0.717) is 6.07 Å². The number of alkyl halides is 5. The fourth-order valence-electron chi connectivity index (χ4n) is 1.42. The Morgan fingerprint density at radius 2 is 1.94 bits per heavy atom. The Labute approximate surface area is 88.3 Å². The summed E-state index contributed by atoms with van der Waals surface area (Å²) in [5.74, 6) is 0. The molecule has 1 aromatic heterocycles. The van der Waals surface area contributed by atoms with Crippen molar-refractivity contribution < 1.29 is 22.0 Å². The molecule has 0 aliphatic heterocycles. The summed E-state index contributed by atoms with van der Waals surface area (Å²) < 4.78 is 62.3. The van der Waals surface area contributed by atoms with Gasteiger partial charge in [-0.05, 0) is 18.6 Å². The van der Waals surface area contributed by atoms with Crippen LogP contribution in [0.15, 0.2) is 6.07 Å². The van der Waals surface area contributed by atoms with Crippen LogP contribution in [0.2, 0.25) is 0 Å². The van der Waals surface area contributed by atoms with Crippen molar-refractivity contribution in [2.75, 3.05) is 0 Å². The van der Waals surface area contributed by atoms with Crippen LogP contribution in [0.5, 0.6) is 0 Å². The smallest absolute Gasteiger partial charge is 0.326 e. The van der Waals surface area contributed by atoms with E-state index in [1.54, 1.807) is 0 Å². The maximum Gasteiger partial charge on any atom is 0.418 e. The molecule has 0 atom stereocenters. The first kappa shape index (κ1) is 12.8. The molecule has 0 unspecified atom stereocenters. The summed E-state index contributed by atoms with van der Waals surface area (Å²) in [7, 11) is 0. The van der Waals surface area contributed by atoms with Crippen molar-refractivity contribution in [1.29, 1.82) is 0 Å². The lowest BCUT2D eigenvalue weighted by atomic mass is 10.0. The Balaban J connectivity index is 3.41. The van der Waals surface area contributed by atoms with Crippen molar-refractivity contribution in [3.8, 4) is 0 Å². The van der Waals surface area contributed by atoms with Crippen molar-refractivity contribution in [2.24, 2.45) is 5.73 Å². The molecule has 7 heteroatoms. The molecule has 0 aliphatic carbocycles. The van der Waals surface area contributed by atoms with Crippen LogP contribution < -0.4 is 5.73 Å². The van der Waals surface area contributed by atoms with Crippen LogP contribution in [0.4, 0.5) is 22.0 Å². The zero-order valence-corrected chi connectivity index (χ0v) is 8.28. The van der Waals surface area contributed by atoms with Crippen LogP contribution >= 0.6 is 0 Å². The van der Waals surface area contributed by atoms with Gasteiger partial charge < -0.3 is 5.73 Å². The van der Waals surface area contributed by atoms with Gasteiger partial charge in [-0.25, -0.2) is 8.78 Å². The average molecular weight is 240 g/mol. The minimum atomic E-state index is -4.63. The number of rotatable bonds is 2. The van der Waals surface area contributed by atoms with Crippen LogP contribution in [0, 0.1) is 6.92 Å². The highest BCUT2D eigenvalue weighted by molar-refractivity contribution is 5.35. The third-order valence-corrected chi connectivity index (χ3v) is 2.03. The van der Waals surface area contributed by atoms with Crippen LogP contribution in [0.3, 0.4) is 0 Å². The zero-order valence-electron chi connectivity index (χ0n) is 8.28. The molecule has 0 saturated carbocycles. The molecule has 2 N–H and O–H groups in total. The number of pyridine rings is 1. The molecule has 1 aromatic rings. The number of hydrogen-bond acceptors (Lipinski definition) is 2. The van der Waals surface area contributed by atoms with Gasteiger partial charge in [0.25, 0.3) is 6.43 Å². The number of halogens is 5. The van der Waals surface area contributed by atoms with E-state index < -0.39 is 36.1 Å². The molecular weight excluding hydrogens is 231 g/mol. The third kappa shape index (κ3) is 2.46. The molecule has 0 spiro atoms. The maximum atomic E-state index is 12.5. The molecule has 16 heavy (non-hydrogen) atoms. The number of nitrogens with zero attached hydrogens (tertiary/aromatic N) is 1. The fraction of sp³-hybridized carbons (Fsp3) is 0.444. The fourth-order valence-corrected chi connectivity index (χ4v) is 1.42. The van der Waals surface area contributed by atoms with Gasteiger partial charge in [-0.15, -0.1) is 0 Å². The average Bonchev–Trinajstić information content (AvgIpc) is 2.14. The number of nitrogens with two attached hydrogens (primary N) is 1. The number of hydrogen-bond donors (Lipinski definition) is 1. The molecule has 0 saturated heterocycles. The van der Waals surface area contributed by atoms with Gasteiger partial charge in [0.2, 0.25) is 0 Å². The SMILES string of the molecule is Cc1nc(C(F)F)cc(CN)c1C(F)(F)F. The second-order valence-electron chi connectivity index (χ2n) is 3.17. The molecule has 0 aliphatic rings. The van der Waals surface area contributed by atoms with Gasteiger partial charge in [0, 0.05) is 6.54 Å². The molecule has 0 radical (unpaired) electrons. The van der Waals surface area contributed by atoms with Crippen molar-refractivity contribution in [3.05, 3.63) is 28.6 Å². The Kier molecular flexibility index (Phi) is 3.47. The number of aryl methyl sites for hydroxylation is 1. The second-order valence-corrected chi connectivity index (χ2v) is 3.17. The van der Waals surface area contributed by atoms with Gasteiger partial charge >= 0.3 is 6.18 Å². The highest BCUT2D eigenvalue weighted by Gasteiger charge is 2.36. The van der Waals surface area contributed by atoms with Crippen molar-refractivity contribution in [1.82, 2.24) is 4.98 Å². The summed E-state index contributed by atoms with van der Waals surface area (Å²) in [5, 5.41) is 0. The summed E-state index contributed by atoms with van der Waals surface area (Å²) in [4.78, 5) is 3.22. The number of aromatic nitrogens is 1. The van der Waals surface area contributed by atoms with Crippen LogP contribution in [0.1, 0.15) is 28.9 Å². The quantitative estimate of drug-likeness (QED) is 0.807. The summed E-state index contributed by atoms with van der Waals surface area (Å²) >= 11 is 0. The normalized spacial score (nSPS) is 12.2. The van der Waals surface area contributed by atoms with Crippen LogP contribution in [-0.4, -0.2) is 4.98 Å². The topological polar surface area (TPSA) is 38.9 Å². The van der Waals surface area contributed by atoms with E-state index in [9.17, 15) is 22.0 Å². The Bertz CT molecular complexity index is 386. The minimum Gasteiger partial charge on any atom is -0.326 e. The van der Waals surface area contributed by atoms with Gasteiger partial charge in [0.1, 0.15) is 5.69 Å². The third-order valence-electron chi connectivity index (χ3n) is 2.03. The predicted molar refractivity (Wildman–Crippen MR) is 46.8 cm³/mol. The highest BCUT2D eigenvalue weighted by atomic mass is 19.4. The van der Waals surface area contributed by atoms with Gasteiger partial charge in [-0.2, -0.15) is 13.2 Å². The molecule has 0 amide bonds. The summed E-state index contributed by atoms with van der Waals surface area (Å²) in [6, 6.07) is 0.695. The standard InChI is InChI=1S/C9H9F5N2/c1-4-7(9(12,13)14)5(3-15)2-6(16-4)8(10)11/h2,8H,3,15H2,1H3. The highest BCUT2D eigenvalue weighted by Crippen LogP contribution is 2.35. The lowest BCUT2D eigenvalue weighted by Gasteiger charge is -2.15. The van der Waals surface area contributed by atoms with Crippen molar-refractivity contribution in [2.45, 2.75) is 26.1 Å². The van der Waals surface area contributed by atoms with Crippen molar-refractivity contribution >= 4 is 0 Å². The van der Waals surface area contributed by atoms with E-state index in [1.165, 1.54) is 0 Å². The largest absolute Gasteiger partial charge is 0.418 e. The van der Waals surface area contributed by atoms with Crippen molar-refractivity contribution in [3.63, 3.8) is 0 Å². The molecule has 0 aromatic carbocycles. The monoisotopic (exact) mass is 240 g/mol. The molecular formula is C9H9F5N2. The molecule has 1 heterocycles. The van der Waals surface area contributed by atoms with Crippen LogP contribution in [0.25, 0.3) is 0 Å². The lowest BCUT2D eigenvalue weighted by molar-refractivity contribution is -0.139. The van der Waals surface area contributed by atoms with Gasteiger partial charge in [0.05, 0.1) is 11.3 Å². The zero-order chi connectivity index (χ0) is 12.5. The molecule has 90 valence electrons. The Hall–Kier alpha value is -1.24. The van der Waals surface area contributed by atoms with E-state index in [4.69, 9.17) is 5.73 Å². The molecule has 2 nitrogen and oxygen atoms in total. The molecule has 1 rings (SSSR count). The summed E-state index contributed by atoms with van der Waals surface area (Å²) in [6.07, 6.45) is -7.54. The van der Waals surface area contributed by atoms with E-state index >= 15 is 0 Å². The van der Waals surface area contributed by atoms with E-state index in [2.05, 4.69) is 4.98 Å². The van der Waals surface area contributed by atoms with Gasteiger partial charge in [-0.3, -0.25) is 4.98 Å². The predicted octanol–water partition coefficient (Wildman–Crippen LogP) is 2.81. The lowest BCUT2D eigenvalue weighted by Crippen LogP contribution is -2.16. The molecule has 0 bridgehead atoms. The first-order valence-electron chi connectivity index (χ1n) is 4.33. The summed E-state index contributed by atoms with van der Waals surface area (Å²) in [5.41, 5.74) is 2.55. The van der Waals surface area contributed by atoms with E-state index in [0.717, 1.165) is 6.92 Å². The minimum absolute atomic E-state index is 0.365. The van der Waals surface area contributed by atoms with Crippen LogP contribution in [-0.2, 0) is 12.7 Å². The first-order valence-corrected chi connectivity index (χ1v) is 4.33. The van der Waals surface area contributed by atoms with E-state index in [1.807, 2.05) is 0 Å².